The molecule has 2 heteroatoms. The Morgan fingerprint density at radius 2 is 1.56 bits per heavy atom. The third kappa shape index (κ3) is 4.99. The Morgan fingerprint density at radius 1 is 0.944 bits per heavy atom. The zero-order valence-corrected chi connectivity index (χ0v) is 12.2. The lowest BCUT2D eigenvalue weighted by molar-refractivity contribution is 0.0678. The third-order valence-corrected chi connectivity index (χ3v) is 2.89. The SMILES string of the molecule is CCCCCCC.Cc1ccc2c(c1)OC(C)O2. The maximum atomic E-state index is 5.37. The highest BCUT2D eigenvalue weighted by atomic mass is 16.7. The summed E-state index contributed by atoms with van der Waals surface area (Å²) in [5.74, 6) is 1.71. The van der Waals surface area contributed by atoms with Gasteiger partial charge in [0.15, 0.2) is 11.5 Å². The topological polar surface area (TPSA) is 18.5 Å². The first-order chi connectivity index (χ1) is 8.67. The fourth-order valence-corrected chi connectivity index (χ4v) is 1.86. The van der Waals surface area contributed by atoms with Gasteiger partial charge in [0.1, 0.15) is 0 Å². The highest BCUT2D eigenvalue weighted by molar-refractivity contribution is 5.44. The van der Waals surface area contributed by atoms with Crippen molar-refractivity contribution in [2.24, 2.45) is 0 Å². The van der Waals surface area contributed by atoms with Gasteiger partial charge in [-0.1, -0.05) is 52.0 Å². The van der Waals surface area contributed by atoms with E-state index in [1.54, 1.807) is 0 Å². The summed E-state index contributed by atoms with van der Waals surface area (Å²) in [6.07, 6.45) is 6.88. The monoisotopic (exact) mass is 250 g/mol. The minimum Gasteiger partial charge on any atom is -0.451 e. The van der Waals surface area contributed by atoms with Gasteiger partial charge in [-0.05, 0) is 24.6 Å². The Kier molecular flexibility index (Phi) is 6.63. The lowest BCUT2D eigenvalue weighted by Gasteiger charge is -1.99. The van der Waals surface area contributed by atoms with E-state index in [1.807, 2.05) is 32.0 Å². The van der Waals surface area contributed by atoms with Crippen molar-refractivity contribution in [1.82, 2.24) is 0 Å². The summed E-state index contributed by atoms with van der Waals surface area (Å²) in [5.41, 5.74) is 1.20. The molecule has 0 aliphatic carbocycles. The Morgan fingerprint density at radius 3 is 2.17 bits per heavy atom. The minimum atomic E-state index is -0.133. The maximum Gasteiger partial charge on any atom is 0.238 e. The Bertz CT molecular complexity index is 343. The molecule has 0 aromatic heterocycles. The van der Waals surface area contributed by atoms with E-state index in [9.17, 15) is 0 Å². The average Bonchev–Trinajstić information content (AvgIpc) is 2.70. The molecule has 1 unspecified atom stereocenters. The van der Waals surface area contributed by atoms with Crippen molar-refractivity contribution in [3.8, 4) is 11.5 Å². The van der Waals surface area contributed by atoms with E-state index >= 15 is 0 Å². The summed E-state index contributed by atoms with van der Waals surface area (Å²) in [6.45, 7) is 8.41. The Balaban J connectivity index is 0.000000203. The van der Waals surface area contributed by atoms with Gasteiger partial charge in [0.25, 0.3) is 0 Å². The molecule has 2 rings (SSSR count). The van der Waals surface area contributed by atoms with E-state index in [1.165, 1.54) is 37.7 Å². The number of aryl methyl sites for hydroxylation is 1. The van der Waals surface area contributed by atoms with E-state index in [0.29, 0.717) is 0 Å². The minimum absolute atomic E-state index is 0.133. The smallest absolute Gasteiger partial charge is 0.238 e. The van der Waals surface area contributed by atoms with Crippen molar-refractivity contribution in [3.63, 3.8) is 0 Å². The largest absolute Gasteiger partial charge is 0.451 e. The van der Waals surface area contributed by atoms with Crippen LogP contribution >= 0.6 is 0 Å². The molecule has 0 saturated heterocycles. The predicted molar refractivity (Wildman–Crippen MR) is 76.3 cm³/mol. The van der Waals surface area contributed by atoms with Gasteiger partial charge in [0, 0.05) is 6.92 Å². The zero-order chi connectivity index (χ0) is 13.4. The summed E-state index contributed by atoms with van der Waals surface area (Å²) in [6, 6.07) is 5.94. The van der Waals surface area contributed by atoms with Crippen LogP contribution < -0.4 is 9.47 Å². The molecule has 2 nitrogen and oxygen atoms in total. The molecule has 0 fully saturated rings. The van der Waals surface area contributed by atoms with Gasteiger partial charge in [-0.2, -0.15) is 0 Å². The average molecular weight is 250 g/mol. The summed E-state index contributed by atoms with van der Waals surface area (Å²) >= 11 is 0. The van der Waals surface area contributed by atoms with Gasteiger partial charge in [-0.3, -0.25) is 0 Å². The van der Waals surface area contributed by atoms with Crippen LogP contribution in [0.5, 0.6) is 11.5 Å². The fraction of sp³-hybridized carbons (Fsp3) is 0.625. The van der Waals surface area contributed by atoms with E-state index in [0.717, 1.165) is 11.5 Å². The van der Waals surface area contributed by atoms with E-state index in [4.69, 9.17) is 9.47 Å². The molecule has 1 aromatic carbocycles. The second kappa shape index (κ2) is 8.02. The van der Waals surface area contributed by atoms with Gasteiger partial charge in [0.05, 0.1) is 0 Å². The van der Waals surface area contributed by atoms with Crippen LogP contribution in [0.1, 0.15) is 58.4 Å². The zero-order valence-electron chi connectivity index (χ0n) is 12.2. The molecule has 0 bridgehead atoms. The number of unbranched alkanes of at least 4 members (excludes halogenated alkanes) is 4. The molecule has 0 N–H and O–H groups in total. The van der Waals surface area contributed by atoms with Crippen molar-refractivity contribution < 1.29 is 9.47 Å². The first-order valence-corrected chi connectivity index (χ1v) is 7.11. The van der Waals surface area contributed by atoms with Crippen LogP contribution in [0.25, 0.3) is 0 Å². The second-order valence-corrected chi connectivity index (χ2v) is 4.81. The molecule has 18 heavy (non-hydrogen) atoms. The van der Waals surface area contributed by atoms with Crippen LogP contribution in [0.2, 0.25) is 0 Å². The van der Waals surface area contributed by atoms with E-state index in [2.05, 4.69) is 13.8 Å². The molecular weight excluding hydrogens is 224 g/mol. The summed E-state index contributed by atoms with van der Waals surface area (Å²) in [7, 11) is 0. The van der Waals surface area contributed by atoms with Crippen molar-refractivity contribution in [2.75, 3.05) is 0 Å². The fourth-order valence-electron chi connectivity index (χ4n) is 1.86. The number of fused-ring (bicyclic) bond motifs is 1. The van der Waals surface area contributed by atoms with Gasteiger partial charge >= 0.3 is 0 Å². The van der Waals surface area contributed by atoms with Crippen molar-refractivity contribution in [1.29, 1.82) is 0 Å². The summed E-state index contributed by atoms with van der Waals surface area (Å²) < 4.78 is 10.7. The van der Waals surface area contributed by atoms with Gasteiger partial charge < -0.3 is 9.47 Å². The number of ether oxygens (including phenoxy) is 2. The van der Waals surface area contributed by atoms with E-state index < -0.39 is 0 Å². The molecular formula is C16H26O2. The van der Waals surface area contributed by atoms with Crippen LogP contribution in [0.4, 0.5) is 0 Å². The molecule has 1 heterocycles. The molecule has 0 radical (unpaired) electrons. The standard InChI is InChI=1S/C9H10O2.C7H16/c1-6-3-4-8-9(5-6)11-7(2)10-8;1-3-5-7-6-4-2/h3-5,7H,1-2H3;3-7H2,1-2H3. The highest BCUT2D eigenvalue weighted by Gasteiger charge is 2.18. The first kappa shape index (κ1) is 14.9. The molecule has 0 spiro atoms. The quantitative estimate of drug-likeness (QED) is 0.693. The van der Waals surface area contributed by atoms with Crippen LogP contribution in [-0.4, -0.2) is 6.29 Å². The van der Waals surface area contributed by atoms with Crippen molar-refractivity contribution >= 4 is 0 Å². The summed E-state index contributed by atoms with van der Waals surface area (Å²) in [4.78, 5) is 0. The maximum absolute atomic E-state index is 5.37. The van der Waals surface area contributed by atoms with Gasteiger partial charge in [-0.25, -0.2) is 0 Å². The first-order valence-electron chi connectivity index (χ1n) is 7.11. The van der Waals surface area contributed by atoms with Crippen LogP contribution in [-0.2, 0) is 0 Å². The molecule has 0 amide bonds. The Labute approximate surface area is 111 Å². The van der Waals surface area contributed by atoms with Gasteiger partial charge in [0.2, 0.25) is 6.29 Å². The van der Waals surface area contributed by atoms with Crippen LogP contribution in [0, 0.1) is 6.92 Å². The Hall–Kier alpha value is -1.18. The predicted octanol–water partition coefficient (Wildman–Crippen LogP) is 5.09. The highest BCUT2D eigenvalue weighted by Crippen LogP contribution is 2.34. The lowest BCUT2D eigenvalue weighted by atomic mass is 10.2. The number of benzene rings is 1. The molecule has 1 aliphatic heterocycles. The summed E-state index contributed by atoms with van der Waals surface area (Å²) in [5, 5.41) is 0. The van der Waals surface area contributed by atoms with Crippen molar-refractivity contribution in [2.45, 2.75) is 66.1 Å². The van der Waals surface area contributed by atoms with Crippen molar-refractivity contribution in [3.05, 3.63) is 23.8 Å². The van der Waals surface area contributed by atoms with Crippen LogP contribution in [0.3, 0.4) is 0 Å². The number of hydrogen-bond acceptors (Lipinski definition) is 2. The molecule has 1 atom stereocenters. The number of rotatable bonds is 4. The van der Waals surface area contributed by atoms with E-state index in [-0.39, 0.29) is 6.29 Å². The van der Waals surface area contributed by atoms with Crippen LogP contribution in [0.15, 0.2) is 18.2 Å². The molecule has 1 aromatic rings. The third-order valence-electron chi connectivity index (χ3n) is 2.89. The molecule has 0 saturated carbocycles. The normalized spacial score (nSPS) is 16.1. The molecule has 102 valence electrons. The number of hydrogen-bond donors (Lipinski definition) is 0. The van der Waals surface area contributed by atoms with Gasteiger partial charge in [-0.15, -0.1) is 0 Å². The second-order valence-electron chi connectivity index (χ2n) is 4.81. The lowest BCUT2D eigenvalue weighted by Crippen LogP contribution is -2.11. The molecule has 1 aliphatic rings.